The Hall–Kier alpha value is -1.85. The Bertz CT molecular complexity index is 601. The minimum Gasteiger partial charge on any atom is -0.387 e. The van der Waals surface area contributed by atoms with Crippen LogP contribution in [0.2, 0.25) is 0 Å². The average Bonchev–Trinajstić information content (AvgIpc) is 2.98. The first-order chi connectivity index (χ1) is 10.4. The number of aliphatic hydroxyl groups is 1. The molecule has 22 heavy (non-hydrogen) atoms. The van der Waals surface area contributed by atoms with E-state index >= 15 is 0 Å². The fourth-order valence-corrected chi connectivity index (χ4v) is 2.71. The van der Waals surface area contributed by atoms with Gasteiger partial charge in [-0.15, -0.1) is 0 Å². The molecule has 1 aromatic carbocycles. The number of hydrogen-bond acceptors (Lipinski definition) is 3. The van der Waals surface area contributed by atoms with E-state index in [1.807, 2.05) is 41.1 Å². The maximum Gasteiger partial charge on any atom is 0.319 e. The van der Waals surface area contributed by atoms with Gasteiger partial charge in [-0.1, -0.05) is 32.9 Å². The summed E-state index contributed by atoms with van der Waals surface area (Å²) in [5.41, 5.74) is 2.85. The van der Waals surface area contributed by atoms with E-state index in [9.17, 15) is 9.90 Å². The monoisotopic (exact) mass is 318 g/mol. The molecule has 5 heteroatoms. The van der Waals surface area contributed by atoms with Crippen molar-refractivity contribution < 1.29 is 9.90 Å². The van der Waals surface area contributed by atoms with Crippen molar-refractivity contribution in [1.29, 1.82) is 0 Å². The Morgan fingerprint density at radius 2 is 1.91 bits per heavy atom. The highest BCUT2D eigenvalue weighted by atomic mass is 32.1. The second-order valence-electron chi connectivity index (χ2n) is 6.23. The molecule has 0 saturated carbocycles. The Morgan fingerprint density at radius 3 is 2.45 bits per heavy atom. The van der Waals surface area contributed by atoms with Crippen LogP contribution in [-0.4, -0.2) is 17.7 Å². The number of hydrogen-bond donors (Lipinski definition) is 3. The molecule has 3 N–H and O–H groups in total. The van der Waals surface area contributed by atoms with Crippen molar-refractivity contribution in [2.24, 2.45) is 0 Å². The average molecular weight is 318 g/mol. The third-order valence-electron chi connectivity index (χ3n) is 3.39. The molecule has 118 valence electrons. The zero-order chi connectivity index (χ0) is 16.2. The third-order valence-corrected chi connectivity index (χ3v) is 4.09. The van der Waals surface area contributed by atoms with Crippen molar-refractivity contribution in [1.82, 2.24) is 5.32 Å². The van der Waals surface area contributed by atoms with Gasteiger partial charge in [0.2, 0.25) is 0 Å². The van der Waals surface area contributed by atoms with Gasteiger partial charge >= 0.3 is 6.03 Å². The first kappa shape index (κ1) is 16.5. The number of rotatable bonds is 4. The van der Waals surface area contributed by atoms with Crippen LogP contribution in [0.5, 0.6) is 0 Å². The molecule has 2 aromatic rings. The summed E-state index contributed by atoms with van der Waals surface area (Å²) in [6.07, 6.45) is -0.680. The van der Waals surface area contributed by atoms with Crippen LogP contribution < -0.4 is 10.6 Å². The molecular weight excluding hydrogens is 296 g/mol. The zero-order valence-corrected chi connectivity index (χ0v) is 13.9. The standard InChI is InChI=1S/C17H22N2O2S/c1-17(2,3)13-4-6-14(7-5-13)19-16(21)18-10-15(20)12-8-9-22-11-12/h4-9,11,15,20H,10H2,1-3H3,(H2,18,19,21). The second kappa shape index (κ2) is 6.94. The van der Waals surface area contributed by atoms with E-state index < -0.39 is 6.10 Å². The lowest BCUT2D eigenvalue weighted by Crippen LogP contribution is -2.32. The van der Waals surface area contributed by atoms with Crippen molar-refractivity contribution in [2.75, 3.05) is 11.9 Å². The Labute approximate surface area is 135 Å². The zero-order valence-electron chi connectivity index (χ0n) is 13.1. The second-order valence-corrected chi connectivity index (χ2v) is 7.01. The maximum atomic E-state index is 11.8. The summed E-state index contributed by atoms with van der Waals surface area (Å²) in [5.74, 6) is 0. The minimum absolute atomic E-state index is 0.0887. The van der Waals surface area contributed by atoms with Crippen molar-refractivity contribution in [3.05, 3.63) is 52.2 Å². The molecule has 0 aliphatic heterocycles. The largest absolute Gasteiger partial charge is 0.387 e. The van der Waals surface area contributed by atoms with Crippen LogP contribution in [0.25, 0.3) is 0 Å². The summed E-state index contributed by atoms with van der Waals surface area (Å²) in [6.45, 7) is 6.62. The highest BCUT2D eigenvalue weighted by molar-refractivity contribution is 7.07. The molecule has 0 radical (unpaired) electrons. The Morgan fingerprint density at radius 1 is 1.23 bits per heavy atom. The number of nitrogens with one attached hydrogen (secondary N) is 2. The van der Waals surface area contributed by atoms with Crippen LogP contribution in [0.15, 0.2) is 41.1 Å². The summed E-state index contributed by atoms with van der Waals surface area (Å²) in [5, 5.41) is 19.1. The molecule has 0 spiro atoms. The number of carbonyl (C=O) groups excluding carboxylic acids is 1. The molecule has 1 atom stereocenters. The molecule has 1 heterocycles. The predicted molar refractivity (Wildman–Crippen MR) is 91.4 cm³/mol. The Balaban J connectivity index is 1.84. The summed E-state index contributed by atoms with van der Waals surface area (Å²) in [6, 6.07) is 9.31. The fourth-order valence-electron chi connectivity index (χ4n) is 2.00. The van der Waals surface area contributed by atoms with Gasteiger partial charge in [0.15, 0.2) is 0 Å². The summed E-state index contributed by atoms with van der Waals surface area (Å²) in [4.78, 5) is 11.8. The van der Waals surface area contributed by atoms with Gasteiger partial charge in [0.25, 0.3) is 0 Å². The van der Waals surface area contributed by atoms with E-state index in [4.69, 9.17) is 0 Å². The highest BCUT2D eigenvalue weighted by Gasteiger charge is 2.13. The number of aliphatic hydroxyl groups excluding tert-OH is 1. The number of urea groups is 1. The molecule has 1 aromatic heterocycles. The van der Waals surface area contributed by atoms with Gasteiger partial charge < -0.3 is 15.7 Å². The first-order valence-corrected chi connectivity index (χ1v) is 8.16. The van der Waals surface area contributed by atoms with Gasteiger partial charge in [0.1, 0.15) is 0 Å². The SMILES string of the molecule is CC(C)(C)c1ccc(NC(=O)NCC(O)c2ccsc2)cc1. The molecule has 4 nitrogen and oxygen atoms in total. The maximum absolute atomic E-state index is 11.8. The van der Waals surface area contributed by atoms with Crippen LogP contribution in [0.4, 0.5) is 10.5 Å². The van der Waals surface area contributed by atoms with Crippen molar-refractivity contribution in [3.8, 4) is 0 Å². The summed E-state index contributed by atoms with van der Waals surface area (Å²) < 4.78 is 0. The van der Waals surface area contributed by atoms with Gasteiger partial charge in [0.05, 0.1) is 6.10 Å². The number of thiophene rings is 1. The quantitative estimate of drug-likeness (QED) is 0.800. The molecule has 0 aliphatic rings. The first-order valence-electron chi connectivity index (χ1n) is 7.22. The molecule has 0 bridgehead atoms. The molecule has 2 rings (SSSR count). The number of anilines is 1. The molecule has 0 fully saturated rings. The van der Waals surface area contributed by atoms with E-state index in [1.165, 1.54) is 16.9 Å². The molecule has 0 aliphatic carbocycles. The lowest BCUT2D eigenvalue weighted by Gasteiger charge is -2.19. The Kier molecular flexibility index (Phi) is 5.21. The van der Waals surface area contributed by atoms with Gasteiger partial charge in [-0.05, 0) is 45.5 Å². The number of carbonyl (C=O) groups is 1. The van der Waals surface area contributed by atoms with Crippen LogP contribution in [-0.2, 0) is 5.41 Å². The minimum atomic E-state index is -0.680. The normalized spacial score (nSPS) is 12.7. The van der Waals surface area contributed by atoms with Crippen LogP contribution >= 0.6 is 11.3 Å². The fraction of sp³-hybridized carbons (Fsp3) is 0.353. The predicted octanol–water partition coefficient (Wildman–Crippen LogP) is 3.90. The van der Waals surface area contributed by atoms with Crippen LogP contribution in [0, 0.1) is 0 Å². The van der Waals surface area contributed by atoms with E-state index in [2.05, 4.69) is 31.4 Å². The molecule has 0 saturated heterocycles. The number of amides is 2. The smallest absolute Gasteiger partial charge is 0.319 e. The lowest BCUT2D eigenvalue weighted by molar-refractivity contribution is 0.175. The van der Waals surface area contributed by atoms with Crippen molar-refractivity contribution >= 4 is 23.1 Å². The highest BCUT2D eigenvalue weighted by Crippen LogP contribution is 2.23. The van der Waals surface area contributed by atoms with Crippen molar-refractivity contribution in [2.45, 2.75) is 32.3 Å². The lowest BCUT2D eigenvalue weighted by atomic mass is 9.87. The summed E-state index contributed by atoms with van der Waals surface area (Å²) in [7, 11) is 0. The topological polar surface area (TPSA) is 61.4 Å². The van der Waals surface area contributed by atoms with Crippen LogP contribution in [0.3, 0.4) is 0 Å². The van der Waals surface area contributed by atoms with Gasteiger partial charge in [-0.2, -0.15) is 11.3 Å². The van der Waals surface area contributed by atoms with Gasteiger partial charge in [-0.25, -0.2) is 4.79 Å². The number of benzene rings is 1. The molecule has 2 amide bonds. The van der Waals surface area contributed by atoms with E-state index in [0.29, 0.717) is 0 Å². The van der Waals surface area contributed by atoms with Gasteiger partial charge in [-0.3, -0.25) is 0 Å². The molecule has 1 unspecified atom stereocenters. The molecular formula is C17H22N2O2S. The van der Waals surface area contributed by atoms with E-state index in [0.717, 1.165) is 11.3 Å². The van der Waals surface area contributed by atoms with E-state index in [1.54, 1.807) is 0 Å². The van der Waals surface area contributed by atoms with E-state index in [-0.39, 0.29) is 18.0 Å². The van der Waals surface area contributed by atoms with Gasteiger partial charge in [0, 0.05) is 12.2 Å². The summed E-state index contributed by atoms with van der Waals surface area (Å²) >= 11 is 1.52. The van der Waals surface area contributed by atoms with Crippen molar-refractivity contribution in [3.63, 3.8) is 0 Å². The van der Waals surface area contributed by atoms with Crippen LogP contribution in [0.1, 0.15) is 38.0 Å². The third kappa shape index (κ3) is 4.58.